The zero-order chi connectivity index (χ0) is 23.6. The SMILES string of the molecule is O=C(c1ccc2c(C3=CCNC(Cc4ccccc4)C3)c[nH]c2c1)N1CCN(C2CCCC2)CC1. The number of nitrogens with zero attached hydrogens (tertiary/aromatic N) is 2. The highest BCUT2D eigenvalue weighted by atomic mass is 16.2. The van der Waals surface area contributed by atoms with Gasteiger partial charge in [-0.2, -0.15) is 0 Å². The predicted octanol–water partition coefficient (Wildman–Crippen LogP) is 4.86. The van der Waals surface area contributed by atoms with Gasteiger partial charge >= 0.3 is 0 Å². The van der Waals surface area contributed by atoms with Crippen LogP contribution in [-0.4, -0.2) is 65.5 Å². The normalized spacial score (nSPS) is 22.0. The van der Waals surface area contributed by atoms with Crippen LogP contribution >= 0.6 is 0 Å². The second-order valence-electron chi connectivity index (χ2n) is 10.5. The number of hydrogen-bond acceptors (Lipinski definition) is 3. The van der Waals surface area contributed by atoms with E-state index in [0.717, 1.165) is 62.7 Å². The molecule has 3 aromatic rings. The minimum atomic E-state index is 0.165. The minimum absolute atomic E-state index is 0.165. The van der Waals surface area contributed by atoms with Crippen LogP contribution in [0.2, 0.25) is 0 Å². The largest absolute Gasteiger partial charge is 0.361 e. The number of aromatic nitrogens is 1. The standard InChI is InChI=1S/C30H36N4O/c35-30(34-16-14-33(15-17-34)26-8-4-5-9-26)24-10-11-27-28(21-32-29(27)20-24)23-12-13-31-25(19-23)18-22-6-2-1-3-7-22/h1-3,6-7,10-12,20-21,25-26,31-32H,4-5,8-9,13-19H2. The van der Waals surface area contributed by atoms with Gasteiger partial charge < -0.3 is 15.2 Å². The van der Waals surface area contributed by atoms with Crippen LogP contribution in [0, 0.1) is 0 Å². The van der Waals surface area contributed by atoms with Gasteiger partial charge in [0.25, 0.3) is 5.91 Å². The molecular weight excluding hydrogens is 432 g/mol. The number of aromatic amines is 1. The Morgan fingerprint density at radius 2 is 1.77 bits per heavy atom. The van der Waals surface area contributed by atoms with Crippen LogP contribution in [0.3, 0.4) is 0 Å². The molecule has 1 saturated carbocycles. The lowest BCUT2D eigenvalue weighted by atomic mass is 9.91. The number of nitrogens with one attached hydrogen (secondary N) is 2. The first-order chi connectivity index (χ1) is 17.2. The summed E-state index contributed by atoms with van der Waals surface area (Å²) >= 11 is 0. The lowest BCUT2D eigenvalue weighted by Gasteiger charge is -2.38. The van der Waals surface area contributed by atoms with Gasteiger partial charge in [-0.05, 0) is 49.0 Å². The summed E-state index contributed by atoms with van der Waals surface area (Å²) in [5.74, 6) is 0.165. The number of piperazine rings is 1. The molecule has 2 aromatic carbocycles. The quantitative estimate of drug-likeness (QED) is 0.563. The summed E-state index contributed by atoms with van der Waals surface area (Å²) in [4.78, 5) is 21.4. The summed E-state index contributed by atoms with van der Waals surface area (Å²) in [7, 11) is 0. The maximum absolute atomic E-state index is 13.3. The van der Waals surface area contributed by atoms with Gasteiger partial charge in [-0.25, -0.2) is 0 Å². The lowest BCUT2D eigenvalue weighted by Crippen LogP contribution is -2.51. The van der Waals surface area contributed by atoms with Crippen molar-refractivity contribution in [1.82, 2.24) is 20.1 Å². The van der Waals surface area contributed by atoms with Crippen molar-refractivity contribution in [3.05, 3.63) is 77.5 Å². The summed E-state index contributed by atoms with van der Waals surface area (Å²) in [5, 5.41) is 4.86. The Labute approximate surface area is 208 Å². The van der Waals surface area contributed by atoms with Gasteiger partial charge in [-0.1, -0.05) is 55.3 Å². The maximum atomic E-state index is 13.3. The molecule has 35 heavy (non-hydrogen) atoms. The highest BCUT2D eigenvalue weighted by Crippen LogP contribution is 2.31. The molecule has 1 saturated heterocycles. The van der Waals surface area contributed by atoms with Gasteiger partial charge in [-0.3, -0.25) is 9.69 Å². The van der Waals surface area contributed by atoms with Crippen LogP contribution in [0.4, 0.5) is 0 Å². The fourth-order valence-corrected chi connectivity index (χ4v) is 6.30. The molecule has 3 heterocycles. The summed E-state index contributed by atoms with van der Waals surface area (Å²) < 4.78 is 0. The van der Waals surface area contributed by atoms with Gasteiger partial charge in [0.15, 0.2) is 0 Å². The number of benzene rings is 2. The molecule has 0 spiro atoms. The van der Waals surface area contributed by atoms with Crippen LogP contribution in [0.15, 0.2) is 60.8 Å². The van der Waals surface area contributed by atoms with Gasteiger partial charge in [0.2, 0.25) is 0 Å². The second kappa shape index (κ2) is 10.00. The molecule has 2 N–H and O–H groups in total. The monoisotopic (exact) mass is 468 g/mol. The molecule has 2 aliphatic heterocycles. The van der Waals surface area contributed by atoms with Crippen LogP contribution in [-0.2, 0) is 6.42 Å². The van der Waals surface area contributed by atoms with Crippen molar-refractivity contribution in [3.63, 3.8) is 0 Å². The van der Waals surface area contributed by atoms with E-state index in [-0.39, 0.29) is 5.91 Å². The van der Waals surface area contributed by atoms with E-state index in [9.17, 15) is 4.79 Å². The topological polar surface area (TPSA) is 51.4 Å². The Kier molecular flexibility index (Phi) is 6.45. The highest BCUT2D eigenvalue weighted by molar-refractivity contribution is 6.00. The Balaban J connectivity index is 1.13. The molecular formula is C30H36N4O. The number of amides is 1. The second-order valence-corrected chi connectivity index (χ2v) is 10.5. The van der Waals surface area contributed by atoms with Crippen molar-refractivity contribution in [2.24, 2.45) is 0 Å². The molecule has 1 amide bonds. The summed E-state index contributed by atoms with van der Waals surface area (Å²) in [5.41, 5.74) is 5.87. The molecule has 6 rings (SSSR count). The Hall–Kier alpha value is -2.89. The van der Waals surface area contributed by atoms with Crippen LogP contribution < -0.4 is 5.32 Å². The fourth-order valence-electron chi connectivity index (χ4n) is 6.30. The molecule has 5 heteroatoms. The van der Waals surface area contributed by atoms with E-state index in [1.54, 1.807) is 0 Å². The first-order valence-corrected chi connectivity index (χ1v) is 13.4. The van der Waals surface area contributed by atoms with E-state index in [1.807, 2.05) is 17.0 Å². The Bertz CT molecular complexity index is 1200. The third-order valence-corrected chi connectivity index (χ3v) is 8.26. The average Bonchev–Trinajstić information content (AvgIpc) is 3.59. The van der Waals surface area contributed by atoms with Crippen molar-refractivity contribution < 1.29 is 4.79 Å². The van der Waals surface area contributed by atoms with Gasteiger partial charge in [0, 0.05) is 73.0 Å². The molecule has 1 atom stereocenters. The van der Waals surface area contributed by atoms with E-state index < -0.39 is 0 Å². The first-order valence-electron chi connectivity index (χ1n) is 13.4. The minimum Gasteiger partial charge on any atom is -0.361 e. The van der Waals surface area contributed by atoms with E-state index in [2.05, 4.69) is 63.9 Å². The first kappa shape index (κ1) is 22.6. The van der Waals surface area contributed by atoms with Crippen LogP contribution in [0.1, 0.15) is 53.6 Å². The summed E-state index contributed by atoms with van der Waals surface area (Å²) in [6, 6.07) is 18.1. The number of H-pyrrole nitrogens is 1. The van der Waals surface area contributed by atoms with E-state index in [0.29, 0.717) is 6.04 Å². The molecule has 0 bridgehead atoms. The smallest absolute Gasteiger partial charge is 0.254 e. The zero-order valence-electron chi connectivity index (χ0n) is 20.5. The van der Waals surface area contributed by atoms with Crippen molar-refractivity contribution >= 4 is 22.4 Å². The zero-order valence-corrected chi connectivity index (χ0v) is 20.5. The molecule has 1 aliphatic carbocycles. The molecule has 1 unspecified atom stereocenters. The van der Waals surface area contributed by atoms with Crippen molar-refractivity contribution in [2.45, 2.75) is 50.6 Å². The van der Waals surface area contributed by atoms with E-state index in [4.69, 9.17) is 0 Å². The molecule has 3 aliphatic rings. The molecule has 0 radical (unpaired) electrons. The van der Waals surface area contributed by atoms with Crippen molar-refractivity contribution in [1.29, 1.82) is 0 Å². The third-order valence-electron chi connectivity index (χ3n) is 8.26. The van der Waals surface area contributed by atoms with Crippen LogP contribution in [0.5, 0.6) is 0 Å². The van der Waals surface area contributed by atoms with Crippen molar-refractivity contribution in [2.75, 3.05) is 32.7 Å². The molecule has 182 valence electrons. The Morgan fingerprint density at radius 1 is 0.971 bits per heavy atom. The molecule has 2 fully saturated rings. The molecule has 1 aromatic heterocycles. The van der Waals surface area contributed by atoms with Gasteiger partial charge in [0.1, 0.15) is 0 Å². The van der Waals surface area contributed by atoms with E-state index in [1.165, 1.54) is 47.8 Å². The number of hydrogen-bond donors (Lipinski definition) is 2. The summed E-state index contributed by atoms with van der Waals surface area (Å²) in [6.45, 7) is 4.59. The molecule has 5 nitrogen and oxygen atoms in total. The lowest BCUT2D eigenvalue weighted by molar-refractivity contribution is 0.0573. The predicted molar refractivity (Wildman–Crippen MR) is 143 cm³/mol. The number of carbonyl (C=O) groups is 1. The van der Waals surface area contributed by atoms with E-state index >= 15 is 0 Å². The number of carbonyl (C=O) groups excluding carboxylic acids is 1. The number of fused-ring (bicyclic) bond motifs is 1. The number of rotatable bonds is 5. The van der Waals surface area contributed by atoms with Gasteiger partial charge in [0.05, 0.1) is 0 Å². The highest BCUT2D eigenvalue weighted by Gasteiger charge is 2.28. The van der Waals surface area contributed by atoms with Gasteiger partial charge in [-0.15, -0.1) is 0 Å². The summed E-state index contributed by atoms with van der Waals surface area (Å²) in [6.07, 6.45) is 11.9. The third kappa shape index (κ3) is 4.80. The Morgan fingerprint density at radius 3 is 2.57 bits per heavy atom. The fraction of sp³-hybridized carbons (Fsp3) is 0.433. The maximum Gasteiger partial charge on any atom is 0.254 e. The van der Waals surface area contributed by atoms with Crippen LogP contribution in [0.25, 0.3) is 16.5 Å². The van der Waals surface area contributed by atoms with Crippen molar-refractivity contribution in [3.8, 4) is 0 Å². The average molecular weight is 469 g/mol.